The average molecular weight is 417 g/mol. The maximum Gasteiger partial charge on any atom is 0.178 e. The molecule has 5 nitrogen and oxygen atoms in total. The lowest BCUT2D eigenvalue weighted by atomic mass is 10.1. The molecular weight excluding hydrogens is 406 g/mol. The lowest BCUT2D eigenvalue weighted by Crippen LogP contribution is -2.00. The van der Waals surface area contributed by atoms with Gasteiger partial charge in [0.25, 0.3) is 0 Å². The van der Waals surface area contributed by atoms with Crippen LogP contribution in [0.1, 0.15) is 5.56 Å². The van der Waals surface area contributed by atoms with Gasteiger partial charge in [-0.25, -0.2) is 13.8 Å². The van der Waals surface area contributed by atoms with Crippen LogP contribution in [0.2, 0.25) is 5.15 Å². The molecule has 3 aromatic heterocycles. The highest BCUT2D eigenvalue weighted by molar-refractivity contribution is 7.19. The molecule has 0 saturated carbocycles. The van der Waals surface area contributed by atoms with Gasteiger partial charge in [-0.1, -0.05) is 11.6 Å². The van der Waals surface area contributed by atoms with Crippen molar-refractivity contribution in [2.24, 2.45) is 0 Å². The summed E-state index contributed by atoms with van der Waals surface area (Å²) in [6.07, 6.45) is 2.10. The van der Waals surface area contributed by atoms with Crippen LogP contribution in [-0.2, 0) is 6.42 Å². The van der Waals surface area contributed by atoms with Crippen LogP contribution >= 0.6 is 22.9 Å². The monoisotopic (exact) mass is 416 g/mol. The van der Waals surface area contributed by atoms with Crippen LogP contribution in [0.3, 0.4) is 0 Å². The predicted octanol–water partition coefficient (Wildman–Crippen LogP) is 4.92. The molecule has 0 radical (unpaired) electrons. The minimum absolute atomic E-state index is 0.176. The third-order valence-corrected chi connectivity index (χ3v) is 5.81. The van der Waals surface area contributed by atoms with Crippen molar-refractivity contribution in [1.82, 2.24) is 19.7 Å². The summed E-state index contributed by atoms with van der Waals surface area (Å²) >= 11 is 7.53. The number of ether oxygens (including phenoxy) is 1. The van der Waals surface area contributed by atoms with Crippen LogP contribution in [0.25, 0.3) is 27.0 Å². The minimum atomic E-state index is -0.689. The minimum Gasteiger partial charge on any atom is -0.491 e. The molecule has 0 N–H and O–H groups in total. The molecule has 1 aliphatic heterocycles. The van der Waals surface area contributed by atoms with Crippen molar-refractivity contribution in [2.75, 3.05) is 6.61 Å². The Bertz CT molecular complexity index is 1210. The highest BCUT2D eigenvalue weighted by atomic mass is 35.5. The van der Waals surface area contributed by atoms with Crippen LogP contribution < -0.4 is 4.74 Å². The second-order valence-electron chi connectivity index (χ2n) is 6.16. The van der Waals surface area contributed by atoms with E-state index < -0.39 is 11.6 Å². The third-order valence-electron chi connectivity index (χ3n) is 4.41. The Balaban J connectivity index is 1.65. The van der Waals surface area contributed by atoms with Crippen LogP contribution in [-0.4, -0.2) is 26.4 Å². The zero-order valence-electron chi connectivity index (χ0n) is 14.2. The molecule has 0 bridgehead atoms. The van der Waals surface area contributed by atoms with Crippen molar-refractivity contribution in [3.05, 3.63) is 65.1 Å². The van der Waals surface area contributed by atoms with Crippen molar-refractivity contribution >= 4 is 22.9 Å². The van der Waals surface area contributed by atoms with E-state index in [4.69, 9.17) is 16.3 Å². The van der Waals surface area contributed by atoms with Gasteiger partial charge in [-0.05, 0) is 35.9 Å². The highest BCUT2D eigenvalue weighted by Crippen LogP contribution is 2.43. The van der Waals surface area contributed by atoms with Crippen molar-refractivity contribution in [1.29, 1.82) is 0 Å². The molecule has 0 saturated heterocycles. The molecule has 0 unspecified atom stereocenters. The molecule has 140 valence electrons. The Kier molecular flexibility index (Phi) is 4.10. The number of thiophene rings is 1. The SMILES string of the molecule is Fc1ccc(-n2cnnc2-c2cc3c(s2)-c2nc(Cl)ccc2OCC3)c(F)c1. The standard InChI is InChI=1S/C19H11ClF2N4OS/c20-16-4-3-14-17(24-16)18-10(5-6-27-14)7-15(28-18)19-25-23-9-26(19)13-2-1-11(21)8-12(13)22/h1-4,7-9H,5-6H2. The van der Waals surface area contributed by atoms with E-state index in [1.54, 1.807) is 12.1 Å². The van der Waals surface area contributed by atoms with E-state index >= 15 is 0 Å². The summed E-state index contributed by atoms with van der Waals surface area (Å²) in [4.78, 5) is 6.14. The van der Waals surface area contributed by atoms with Gasteiger partial charge in [0.05, 0.1) is 22.0 Å². The van der Waals surface area contributed by atoms with E-state index in [0.717, 1.165) is 21.4 Å². The first-order valence-corrected chi connectivity index (χ1v) is 9.58. The quantitative estimate of drug-likeness (QED) is 0.435. The summed E-state index contributed by atoms with van der Waals surface area (Å²) < 4.78 is 34.8. The highest BCUT2D eigenvalue weighted by Gasteiger charge is 2.23. The van der Waals surface area contributed by atoms with Gasteiger partial charge in [-0.2, -0.15) is 0 Å². The van der Waals surface area contributed by atoms with Crippen molar-refractivity contribution < 1.29 is 13.5 Å². The number of benzene rings is 1. The fourth-order valence-corrected chi connectivity index (χ4v) is 4.49. The van der Waals surface area contributed by atoms with Gasteiger partial charge in [-0.3, -0.25) is 4.57 Å². The van der Waals surface area contributed by atoms with Crippen LogP contribution in [0, 0.1) is 11.6 Å². The lowest BCUT2D eigenvalue weighted by Gasteiger charge is -2.07. The van der Waals surface area contributed by atoms with Gasteiger partial charge in [0.15, 0.2) is 5.82 Å². The number of halogens is 3. The summed E-state index contributed by atoms with van der Waals surface area (Å²) in [5.41, 5.74) is 1.90. The Morgan fingerprint density at radius 3 is 2.89 bits per heavy atom. The van der Waals surface area contributed by atoms with Crippen molar-refractivity contribution in [3.63, 3.8) is 0 Å². The molecule has 0 aliphatic carbocycles. The van der Waals surface area contributed by atoms with Crippen molar-refractivity contribution in [3.8, 4) is 32.7 Å². The van der Waals surface area contributed by atoms with E-state index in [0.29, 0.717) is 35.4 Å². The molecule has 5 rings (SSSR count). The molecule has 4 heterocycles. The van der Waals surface area contributed by atoms with Crippen LogP contribution in [0.4, 0.5) is 8.78 Å². The molecule has 28 heavy (non-hydrogen) atoms. The lowest BCUT2D eigenvalue weighted by molar-refractivity contribution is 0.325. The summed E-state index contributed by atoms with van der Waals surface area (Å²) in [6.45, 7) is 0.513. The summed E-state index contributed by atoms with van der Waals surface area (Å²) in [5.74, 6) is -0.194. The molecule has 0 spiro atoms. The van der Waals surface area contributed by atoms with E-state index in [9.17, 15) is 8.78 Å². The van der Waals surface area contributed by atoms with Gasteiger partial charge in [0.1, 0.15) is 34.6 Å². The summed E-state index contributed by atoms with van der Waals surface area (Å²) in [7, 11) is 0. The molecule has 9 heteroatoms. The Hall–Kier alpha value is -2.84. The van der Waals surface area contributed by atoms with Crippen molar-refractivity contribution in [2.45, 2.75) is 6.42 Å². The van der Waals surface area contributed by atoms with Gasteiger partial charge < -0.3 is 4.74 Å². The smallest absolute Gasteiger partial charge is 0.178 e. The zero-order chi connectivity index (χ0) is 19.3. The molecule has 4 aromatic rings. The summed E-state index contributed by atoms with van der Waals surface area (Å²) in [5, 5.41) is 8.45. The van der Waals surface area contributed by atoms with E-state index in [1.807, 2.05) is 6.07 Å². The Morgan fingerprint density at radius 1 is 1.14 bits per heavy atom. The molecule has 1 aliphatic rings. The van der Waals surface area contributed by atoms with E-state index in [1.165, 1.54) is 34.4 Å². The number of hydrogen-bond donors (Lipinski definition) is 0. The first-order chi connectivity index (χ1) is 13.6. The predicted molar refractivity (Wildman–Crippen MR) is 102 cm³/mol. The molecule has 0 amide bonds. The molecular formula is C19H11ClF2N4OS. The molecule has 0 fully saturated rings. The van der Waals surface area contributed by atoms with Gasteiger partial charge in [0.2, 0.25) is 0 Å². The number of fused-ring (bicyclic) bond motifs is 3. The fraction of sp³-hybridized carbons (Fsp3) is 0.105. The number of rotatable bonds is 2. The van der Waals surface area contributed by atoms with E-state index in [-0.39, 0.29) is 5.69 Å². The molecule has 1 aromatic carbocycles. The number of aromatic nitrogens is 4. The first-order valence-electron chi connectivity index (χ1n) is 8.38. The summed E-state index contributed by atoms with van der Waals surface area (Å²) in [6, 6.07) is 8.86. The maximum absolute atomic E-state index is 14.3. The van der Waals surface area contributed by atoms with Gasteiger partial charge in [-0.15, -0.1) is 21.5 Å². The zero-order valence-corrected chi connectivity index (χ0v) is 15.8. The molecule has 0 atom stereocenters. The third kappa shape index (κ3) is 2.85. The number of hydrogen-bond acceptors (Lipinski definition) is 5. The average Bonchev–Trinajstić information content (AvgIpc) is 3.27. The largest absolute Gasteiger partial charge is 0.491 e. The maximum atomic E-state index is 14.3. The number of nitrogens with zero attached hydrogens (tertiary/aromatic N) is 4. The fourth-order valence-electron chi connectivity index (χ4n) is 3.15. The first kappa shape index (κ1) is 17.3. The topological polar surface area (TPSA) is 52.8 Å². The normalized spacial score (nSPS) is 12.8. The second kappa shape index (κ2) is 6.65. The Morgan fingerprint density at radius 2 is 2.04 bits per heavy atom. The van der Waals surface area contributed by atoms with Crippen LogP contribution in [0.15, 0.2) is 42.7 Å². The number of pyridine rings is 1. The van der Waals surface area contributed by atoms with Crippen LogP contribution in [0.5, 0.6) is 5.75 Å². The second-order valence-corrected chi connectivity index (χ2v) is 7.60. The Labute approximate surface area is 167 Å². The van der Waals surface area contributed by atoms with Gasteiger partial charge >= 0.3 is 0 Å². The van der Waals surface area contributed by atoms with Gasteiger partial charge in [0, 0.05) is 12.5 Å². The van der Waals surface area contributed by atoms with E-state index in [2.05, 4.69) is 15.2 Å².